The van der Waals surface area contributed by atoms with Gasteiger partial charge in [0.1, 0.15) is 0 Å². The van der Waals surface area contributed by atoms with E-state index in [1.165, 1.54) is 0 Å². The molecule has 2 N–H and O–H groups in total. The lowest BCUT2D eigenvalue weighted by molar-refractivity contribution is -0.204. The van der Waals surface area contributed by atoms with Gasteiger partial charge in [0.05, 0.1) is 0 Å². The van der Waals surface area contributed by atoms with Crippen molar-refractivity contribution in [3.05, 3.63) is 0 Å². The number of rotatable bonds is 7. The molecule has 0 aromatic carbocycles. The first-order chi connectivity index (χ1) is 12.2. The molecule has 1 aliphatic heterocycles. The highest BCUT2D eigenvalue weighted by Crippen LogP contribution is 2.34. The van der Waals surface area contributed by atoms with Crippen LogP contribution in [0.4, 0.5) is 18.0 Å². The molecule has 0 aromatic heterocycles. The number of hydrogen-bond acceptors (Lipinski definition) is 3. The second-order valence-corrected chi connectivity index (χ2v) is 7.08. The number of carbonyl (C=O) groups is 3. The highest BCUT2D eigenvalue weighted by molar-refractivity contribution is 6.08. The van der Waals surface area contributed by atoms with E-state index in [-0.39, 0.29) is 13.0 Å². The fraction of sp³-hybridized carbons (Fsp3) is 0.824. The van der Waals surface area contributed by atoms with Gasteiger partial charge in [0.2, 0.25) is 5.91 Å². The van der Waals surface area contributed by atoms with Gasteiger partial charge in [-0.1, -0.05) is 45.4 Å². The summed E-state index contributed by atoms with van der Waals surface area (Å²) in [5.74, 6) is -2.01. The summed E-state index contributed by atoms with van der Waals surface area (Å²) in [4.78, 5) is 36.9. The molecule has 9 heteroatoms. The van der Waals surface area contributed by atoms with Gasteiger partial charge in [-0.3, -0.25) is 19.8 Å². The molecule has 2 fully saturated rings. The van der Waals surface area contributed by atoms with Gasteiger partial charge < -0.3 is 5.32 Å². The Hall–Kier alpha value is -1.80. The molecule has 0 aromatic rings. The molecule has 2 rings (SSSR count). The normalized spacial score (nSPS) is 24.7. The Kier molecular flexibility index (Phi) is 6.52. The predicted molar refractivity (Wildman–Crippen MR) is 87.9 cm³/mol. The Bertz CT molecular complexity index is 547. The van der Waals surface area contributed by atoms with Crippen molar-refractivity contribution in [2.45, 2.75) is 76.6 Å². The molecule has 6 nitrogen and oxygen atoms in total. The lowest BCUT2D eigenvalue weighted by Gasteiger charge is -2.30. The van der Waals surface area contributed by atoms with Crippen LogP contribution in [0.15, 0.2) is 0 Å². The summed E-state index contributed by atoms with van der Waals surface area (Å²) in [5, 5.41) is 3.44. The summed E-state index contributed by atoms with van der Waals surface area (Å²) >= 11 is 0. The van der Waals surface area contributed by atoms with Gasteiger partial charge >= 0.3 is 12.2 Å². The Morgan fingerprint density at radius 1 is 1.27 bits per heavy atom. The van der Waals surface area contributed by atoms with E-state index in [4.69, 9.17) is 0 Å². The average molecular weight is 377 g/mol. The van der Waals surface area contributed by atoms with Crippen LogP contribution in [0.3, 0.4) is 0 Å². The Balaban J connectivity index is 2.06. The third-order valence-electron chi connectivity index (χ3n) is 5.10. The molecule has 1 atom stereocenters. The van der Waals surface area contributed by atoms with Crippen molar-refractivity contribution in [2.75, 3.05) is 6.54 Å². The molecule has 26 heavy (non-hydrogen) atoms. The van der Waals surface area contributed by atoms with Crippen LogP contribution in [0.1, 0.15) is 64.7 Å². The largest absolute Gasteiger partial charge is 0.440 e. The molecule has 0 bridgehead atoms. The molecule has 1 aliphatic carbocycles. The summed E-state index contributed by atoms with van der Waals surface area (Å²) in [7, 11) is 0. The monoisotopic (exact) mass is 377 g/mol. The fourth-order valence-corrected chi connectivity index (χ4v) is 3.53. The number of hydrogen-bond donors (Lipinski definition) is 2. The quantitative estimate of drug-likeness (QED) is 0.670. The smallest absolute Gasteiger partial charge is 0.318 e. The summed E-state index contributed by atoms with van der Waals surface area (Å²) in [6.07, 6.45) is 1.50. The van der Waals surface area contributed by atoms with Gasteiger partial charge in [0, 0.05) is 13.0 Å². The SMILES string of the molecule is CCCCN1C(=O)N[C@](NC(=O)CCC2CCCCC2)(C(F)(F)F)C1=O. The van der Waals surface area contributed by atoms with Crippen LogP contribution in [0.2, 0.25) is 0 Å². The number of nitrogens with zero attached hydrogens (tertiary/aromatic N) is 1. The first-order valence-electron chi connectivity index (χ1n) is 9.23. The first-order valence-corrected chi connectivity index (χ1v) is 9.23. The topological polar surface area (TPSA) is 78.5 Å². The van der Waals surface area contributed by atoms with Crippen LogP contribution in [0.25, 0.3) is 0 Å². The van der Waals surface area contributed by atoms with Gasteiger partial charge in [0.25, 0.3) is 11.6 Å². The van der Waals surface area contributed by atoms with Gasteiger partial charge in [-0.25, -0.2) is 4.79 Å². The molecule has 148 valence electrons. The lowest BCUT2D eigenvalue weighted by Crippen LogP contribution is -2.69. The van der Waals surface area contributed by atoms with Crippen molar-refractivity contribution in [2.24, 2.45) is 5.92 Å². The van der Waals surface area contributed by atoms with E-state index in [1.807, 2.05) is 0 Å². The maximum absolute atomic E-state index is 13.6. The maximum Gasteiger partial charge on any atom is 0.440 e. The minimum atomic E-state index is -5.12. The number of urea groups is 1. The number of carbonyl (C=O) groups excluding carboxylic acids is 3. The number of amides is 4. The number of alkyl halides is 3. The van der Waals surface area contributed by atoms with E-state index in [2.05, 4.69) is 0 Å². The molecular formula is C17H26F3N3O3. The standard InChI is InChI=1S/C17H26F3N3O3/c1-2-3-11-23-14(25)16(17(18,19)20,22-15(23)26)21-13(24)10-9-12-7-5-4-6-8-12/h12H,2-11H2,1H3,(H,21,24)(H,22,26)/t16-/m0/s1. The summed E-state index contributed by atoms with van der Waals surface area (Å²) in [6, 6.07) is -1.13. The second kappa shape index (κ2) is 8.26. The van der Waals surface area contributed by atoms with Crippen LogP contribution < -0.4 is 10.6 Å². The number of imide groups is 1. The third kappa shape index (κ3) is 4.29. The van der Waals surface area contributed by atoms with E-state index >= 15 is 0 Å². The summed E-state index contributed by atoms with van der Waals surface area (Å²) in [5.41, 5.74) is -3.36. The van der Waals surface area contributed by atoms with Crippen molar-refractivity contribution < 1.29 is 27.6 Å². The maximum atomic E-state index is 13.6. The van der Waals surface area contributed by atoms with Crippen LogP contribution in [0, 0.1) is 5.92 Å². The summed E-state index contributed by atoms with van der Waals surface area (Å²) < 4.78 is 40.8. The zero-order chi connectivity index (χ0) is 19.4. The highest BCUT2D eigenvalue weighted by Gasteiger charge is 2.68. The molecule has 1 saturated heterocycles. The zero-order valence-electron chi connectivity index (χ0n) is 15.0. The van der Waals surface area contributed by atoms with E-state index in [0.29, 0.717) is 30.1 Å². The predicted octanol–water partition coefficient (Wildman–Crippen LogP) is 3.07. The zero-order valence-corrected chi connectivity index (χ0v) is 15.0. The molecule has 1 heterocycles. The van der Waals surface area contributed by atoms with Crippen molar-refractivity contribution in [3.8, 4) is 0 Å². The molecule has 0 radical (unpaired) electrons. The van der Waals surface area contributed by atoms with Gasteiger partial charge in [-0.15, -0.1) is 0 Å². The van der Waals surface area contributed by atoms with Crippen LogP contribution in [0.5, 0.6) is 0 Å². The van der Waals surface area contributed by atoms with Gasteiger partial charge in [0.15, 0.2) is 0 Å². The van der Waals surface area contributed by atoms with Crippen LogP contribution in [-0.2, 0) is 9.59 Å². The number of nitrogens with one attached hydrogen (secondary N) is 2. The van der Waals surface area contributed by atoms with Gasteiger partial charge in [-0.05, 0) is 18.8 Å². The van der Waals surface area contributed by atoms with Crippen molar-refractivity contribution >= 4 is 17.8 Å². The van der Waals surface area contributed by atoms with Crippen LogP contribution in [-0.4, -0.2) is 41.1 Å². The van der Waals surface area contributed by atoms with Gasteiger partial charge in [-0.2, -0.15) is 13.2 Å². The minimum Gasteiger partial charge on any atom is -0.318 e. The first kappa shape index (κ1) is 20.5. The van der Waals surface area contributed by atoms with Crippen molar-refractivity contribution in [3.63, 3.8) is 0 Å². The van der Waals surface area contributed by atoms with Crippen molar-refractivity contribution in [1.82, 2.24) is 15.5 Å². The second-order valence-electron chi connectivity index (χ2n) is 7.08. The number of halogens is 3. The molecule has 4 amide bonds. The third-order valence-corrected chi connectivity index (χ3v) is 5.10. The lowest BCUT2D eigenvalue weighted by atomic mass is 9.86. The Labute approximate surface area is 150 Å². The average Bonchev–Trinajstić information content (AvgIpc) is 2.83. The molecule has 1 saturated carbocycles. The Morgan fingerprint density at radius 2 is 1.92 bits per heavy atom. The number of unbranched alkanes of at least 4 members (excludes halogenated alkanes) is 1. The van der Waals surface area contributed by atoms with E-state index in [1.54, 1.807) is 17.6 Å². The Morgan fingerprint density at radius 3 is 2.50 bits per heavy atom. The minimum absolute atomic E-state index is 0.0966. The molecule has 0 unspecified atom stereocenters. The molecular weight excluding hydrogens is 351 g/mol. The van der Waals surface area contributed by atoms with Crippen LogP contribution >= 0.6 is 0 Å². The van der Waals surface area contributed by atoms with E-state index in [9.17, 15) is 27.6 Å². The van der Waals surface area contributed by atoms with Crippen molar-refractivity contribution in [1.29, 1.82) is 0 Å². The summed E-state index contributed by atoms with van der Waals surface area (Å²) in [6.45, 7) is 1.68. The van der Waals surface area contributed by atoms with E-state index in [0.717, 1.165) is 32.1 Å². The molecule has 2 aliphatic rings. The fourth-order valence-electron chi connectivity index (χ4n) is 3.53. The highest BCUT2D eigenvalue weighted by atomic mass is 19.4. The molecule has 0 spiro atoms. The van der Waals surface area contributed by atoms with E-state index < -0.39 is 29.7 Å².